The van der Waals surface area contributed by atoms with E-state index in [0.717, 1.165) is 40.5 Å². The Labute approximate surface area is 206 Å². The van der Waals surface area contributed by atoms with Crippen LogP contribution in [0.3, 0.4) is 0 Å². The molecule has 3 aromatic rings. The second-order valence-corrected chi connectivity index (χ2v) is 9.74. The van der Waals surface area contributed by atoms with Gasteiger partial charge in [-0.25, -0.2) is 4.98 Å². The molecular formula is C28H35N3O4. The Morgan fingerprint density at radius 2 is 1.94 bits per heavy atom. The molecule has 1 aliphatic heterocycles. The number of carbonyl (C=O) groups is 1. The molecule has 7 nitrogen and oxygen atoms in total. The van der Waals surface area contributed by atoms with Gasteiger partial charge in [0.1, 0.15) is 17.4 Å². The number of aliphatic hydroxyl groups is 1. The van der Waals surface area contributed by atoms with Crippen molar-refractivity contribution < 1.29 is 19.1 Å². The SMILES string of the molecule is CC(C)=C(OC(=C(C)C)C(C)O)C(=O)N1CCc2nc[nH]c2C1.c1ccc2c(C3CC3)coc2c1. The number of ether oxygens (including phenoxy) is 1. The smallest absolute Gasteiger partial charge is 0.289 e. The number of imidazole rings is 1. The summed E-state index contributed by atoms with van der Waals surface area (Å²) in [7, 11) is 0. The lowest BCUT2D eigenvalue weighted by molar-refractivity contribution is -0.131. The van der Waals surface area contributed by atoms with E-state index >= 15 is 0 Å². The first kappa shape index (κ1) is 24.8. The molecule has 0 radical (unpaired) electrons. The number of fused-ring (bicyclic) bond motifs is 2. The summed E-state index contributed by atoms with van der Waals surface area (Å²) in [4.78, 5) is 21.9. The number of hydrogen-bond donors (Lipinski definition) is 2. The molecule has 2 N–H and O–H groups in total. The lowest BCUT2D eigenvalue weighted by Gasteiger charge is -2.28. The third kappa shape index (κ3) is 5.68. The number of furan rings is 1. The summed E-state index contributed by atoms with van der Waals surface area (Å²) in [5.41, 5.74) is 6.05. The van der Waals surface area contributed by atoms with Crippen molar-refractivity contribution in [3.8, 4) is 0 Å². The van der Waals surface area contributed by atoms with Gasteiger partial charge in [0.2, 0.25) is 0 Å². The maximum Gasteiger partial charge on any atom is 0.289 e. The van der Waals surface area contributed by atoms with Crippen LogP contribution in [0.5, 0.6) is 0 Å². The summed E-state index contributed by atoms with van der Waals surface area (Å²) >= 11 is 0. The van der Waals surface area contributed by atoms with Crippen LogP contribution in [0, 0.1) is 0 Å². The normalized spacial score (nSPS) is 15.5. The Kier molecular flexibility index (Phi) is 7.45. The Morgan fingerprint density at radius 3 is 2.60 bits per heavy atom. The summed E-state index contributed by atoms with van der Waals surface area (Å²) in [5, 5.41) is 11.2. The van der Waals surface area contributed by atoms with Gasteiger partial charge in [-0.15, -0.1) is 0 Å². The van der Waals surface area contributed by atoms with Gasteiger partial charge in [-0.3, -0.25) is 4.79 Å². The zero-order valence-corrected chi connectivity index (χ0v) is 21.2. The van der Waals surface area contributed by atoms with Gasteiger partial charge in [0.05, 0.1) is 30.5 Å². The number of allylic oxidation sites excluding steroid dienone is 2. The molecule has 1 saturated carbocycles. The van der Waals surface area contributed by atoms with Crippen molar-refractivity contribution in [2.75, 3.05) is 6.54 Å². The highest BCUT2D eigenvalue weighted by molar-refractivity contribution is 5.92. The minimum absolute atomic E-state index is 0.162. The number of rotatable bonds is 5. The maximum atomic E-state index is 12.9. The number of para-hydroxylation sites is 1. The van der Waals surface area contributed by atoms with Crippen LogP contribution < -0.4 is 0 Å². The quantitative estimate of drug-likeness (QED) is 0.369. The first-order valence-corrected chi connectivity index (χ1v) is 12.2. The summed E-state index contributed by atoms with van der Waals surface area (Å²) in [6.45, 7) is 10.1. The fourth-order valence-electron chi connectivity index (χ4n) is 4.31. The third-order valence-electron chi connectivity index (χ3n) is 6.32. The summed E-state index contributed by atoms with van der Waals surface area (Å²) in [5.74, 6) is 1.33. The standard InChI is InChI=1S/C17H25N3O3.C11H10O/c1-10(2)15(12(5)21)23-16(11(3)4)17(22)20-7-6-13-14(8-20)19-9-18-13;1-2-4-11-9(3-1)10(7-12-11)8-5-6-8/h9,12,21H,6-8H2,1-5H3,(H,18,19);1-4,7-8H,5-6H2. The van der Waals surface area contributed by atoms with E-state index in [-0.39, 0.29) is 11.7 Å². The molecule has 1 aromatic carbocycles. The number of benzene rings is 1. The number of aromatic nitrogens is 2. The number of aromatic amines is 1. The highest BCUT2D eigenvalue weighted by Crippen LogP contribution is 2.43. The van der Waals surface area contributed by atoms with E-state index in [9.17, 15) is 9.90 Å². The molecule has 2 aromatic heterocycles. The number of amides is 1. The molecule has 0 saturated heterocycles. The van der Waals surface area contributed by atoms with Crippen LogP contribution in [0.15, 0.2) is 63.9 Å². The summed E-state index contributed by atoms with van der Waals surface area (Å²) in [6, 6.07) is 8.26. The van der Waals surface area contributed by atoms with Crippen molar-refractivity contribution in [1.82, 2.24) is 14.9 Å². The number of H-pyrrole nitrogens is 1. The van der Waals surface area contributed by atoms with Crippen LogP contribution in [0.2, 0.25) is 0 Å². The van der Waals surface area contributed by atoms with Gasteiger partial charge in [-0.2, -0.15) is 0 Å². The molecule has 1 atom stereocenters. The molecule has 0 spiro atoms. The molecule has 0 bridgehead atoms. The number of nitrogens with zero attached hydrogens (tertiary/aromatic N) is 2. The second kappa shape index (κ2) is 10.5. The van der Waals surface area contributed by atoms with Gasteiger partial charge < -0.3 is 24.1 Å². The zero-order valence-electron chi connectivity index (χ0n) is 21.2. The molecule has 35 heavy (non-hydrogen) atoms. The second-order valence-electron chi connectivity index (χ2n) is 9.74. The van der Waals surface area contributed by atoms with E-state index in [2.05, 4.69) is 22.1 Å². The minimum atomic E-state index is -0.761. The van der Waals surface area contributed by atoms with Gasteiger partial charge in [0, 0.05) is 23.9 Å². The van der Waals surface area contributed by atoms with E-state index < -0.39 is 6.10 Å². The average molecular weight is 478 g/mol. The Morgan fingerprint density at radius 1 is 1.20 bits per heavy atom. The van der Waals surface area contributed by atoms with Crippen LogP contribution in [0.4, 0.5) is 0 Å². The Bertz CT molecular complexity index is 1250. The van der Waals surface area contributed by atoms with E-state index in [1.807, 2.05) is 46.1 Å². The Balaban J connectivity index is 0.000000198. The first-order chi connectivity index (χ1) is 16.8. The van der Waals surface area contributed by atoms with Crippen molar-refractivity contribution in [2.45, 2.75) is 72.4 Å². The van der Waals surface area contributed by atoms with Crippen molar-refractivity contribution in [2.24, 2.45) is 0 Å². The first-order valence-electron chi connectivity index (χ1n) is 12.2. The fourth-order valence-corrected chi connectivity index (χ4v) is 4.31. The molecule has 1 amide bonds. The number of carbonyl (C=O) groups excluding carboxylic acids is 1. The molecule has 1 unspecified atom stereocenters. The predicted octanol–water partition coefficient (Wildman–Crippen LogP) is 5.59. The topological polar surface area (TPSA) is 91.6 Å². The van der Waals surface area contributed by atoms with Crippen LogP contribution in [0.1, 0.15) is 70.3 Å². The third-order valence-corrected chi connectivity index (χ3v) is 6.32. The van der Waals surface area contributed by atoms with Gasteiger partial charge in [0.25, 0.3) is 5.91 Å². The van der Waals surface area contributed by atoms with E-state index in [0.29, 0.717) is 18.8 Å². The van der Waals surface area contributed by atoms with E-state index in [4.69, 9.17) is 9.15 Å². The number of aliphatic hydroxyl groups excluding tert-OH is 1. The van der Waals surface area contributed by atoms with Crippen molar-refractivity contribution in [3.05, 3.63) is 76.5 Å². The van der Waals surface area contributed by atoms with Crippen LogP contribution >= 0.6 is 0 Å². The van der Waals surface area contributed by atoms with Gasteiger partial charge in [-0.05, 0) is 70.6 Å². The van der Waals surface area contributed by atoms with Gasteiger partial charge in [-0.1, -0.05) is 18.2 Å². The molecule has 7 heteroatoms. The van der Waals surface area contributed by atoms with Crippen LogP contribution in [-0.4, -0.2) is 38.5 Å². The molecule has 1 fully saturated rings. The summed E-state index contributed by atoms with van der Waals surface area (Å²) < 4.78 is 11.3. The predicted molar refractivity (Wildman–Crippen MR) is 135 cm³/mol. The molecule has 2 aliphatic rings. The van der Waals surface area contributed by atoms with Crippen LogP contribution in [-0.2, 0) is 22.5 Å². The van der Waals surface area contributed by atoms with E-state index in [1.54, 1.807) is 18.2 Å². The maximum absolute atomic E-state index is 12.9. The van der Waals surface area contributed by atoms with Crippen molar-refractivity contribution in [3.63, 3.8) is 0 Å². The van der Waals surface area contributed by atoms with E-state index in [1.165, 1.54) is 23.8 Å². The molecule has 3 heterocycles. The van der Waals surface area contributed by atoms with Crippen molar-refractivity contribution >= 4 is 16.9 Å². The largest absolute Gasteiger partial charge is 0.464 e. The lowest BCUT2D eigenvalue weighted by Crippen LogP contribution is -2.38. The highest BCUT2D eigenvalue weighted by Gasteiger charge is 2.28. The molecule has 1 aliphatic carbocycles. The molecule has 5 rings (SSSR count). The lowest BCUT2D eigenvalue weighted by atomic mass is 10.1. The molecular weight excluding hydrogens is 442 g/mol. The van der Waals surface area contributed by atoms with Gasteiger partial charge in [0.15, 0.2) is 5.76 Å². The molecule has 186 valence electrons. The number of nitrogens with one attached hydrogen (secondary N) is 1. The number of hydrogen-bond acceptors (Lipinski definition) is 5. The monoisotopic (exact) mass is 477 g/mol. The van der Waals surface area contributed by atoms with Crippen molar-refractivity contribution in [1.29, 1.82) is 0 Å². The summed E-state index contributed by atoms with van der Waals surface area (Å²) in [6.07, 6.45) is 6.22. The fraction of sp³-hybridized carbons (Fsp3) is 0.429. The minimum Gasteiger partial charge on any atom is -0.464 e. The van der Waals surface area contributed by atoms with Crippen LogP contribution in [0.25, 0.3) is 11.0 Å². The average Bonchev–Trinajstić information content (AvgIpc) is 3.39. The highest BCUT2D eigenvalue weighted by atomic mass is 16.5. The zero-order chi connectivity index (χ0) is 25.1. The Hall–Kier alpha value is -3.32. The van der Waals surface area contributed by atoms with Gasteiger partial charge >= 0.3 is 0 Å².